The quantitative estimate of drug-likeness (QED) is 0.478. The molecular weight excluding hydrogens is 336 g/mol. The number of para-hydroxylation sites is 1. The molecule has 0 bridgehead atoms. The monoisotopic (exact) mass is 354 g/mol. The van der Waals surface area contributed by atoms with Gasteiger partial charge in [-0.3, -0.25) is 14.9 Å². The van der Waals surface area contributed by atoms with E-state index in [0.717, 1.165) is 17.7 Å². The number of hydrogen-bond acceptors (Lipinski definition) is 5. The standard InChI is InChI=1S/C19H18N2O5/c1-12-15(7-5-9-16(12)21(24)25)19(23)26-13(2)18(22)20-11-10-14-6-3-4-8-17(14)20/h3-9,13H,10-11H2,1-2H3/t13-/m0/s1. The number of carbonyl (C=O) groups is 2. The Morgan fingerprint density at radius 1 is 1.19 bits per heavy atom. The van der Waals surface area contributed by atoms with Crippen LogP contribution in [0.4, 0.5) is 11.4 Å². The van der Waals surface area contributed by atoms with Crippen LogP contribution in [0.5, 0.6) is 0 Å². The molecule has 26 heavy (non-hydrogen) atoms. The minimum atomic E-state index is -0.993. The highest BCUT2D eigenvalue weighted by Crippen LogP contribution is 2.28. The lowest BCUT2D eigenvalue weighted by atomic mass is 10.1. The molecule has 0 N–H and O–H groups in total. The van der Waals surface area contributed by atoms with Crippen LogP contribution in [0.25, 0.3) is 0 Å². The summed E-state index contributed by atoms with van der Waals surface area (Å²) in [6, 6.07) is 11.8. The van der Waals surface area contributed by atoms with Gasteiger partial charge in [-0.25, -0.2) is 4.79 Å². The summed E-state index contributed by atoms with van der Waals surface area (Å²) in [5.74, 6) is -1.06. The Morgan fingerprint density at radius 2 is 1.92 bits per heavy atom. The van der Waals surface area contributed by atoms with Crippen molar-refractivity contribution in [3.8, 4) is 0 Å². The molecule has 0 spiro atoms. The Hall–Kier alpha value is -3.22. The second-order valence-electron chi connectivity index (χ2n) is 6.12. The summed E-state index contributed by atoms with van der Waals surface area (Å²) in [7, 11) is 0. The molecule has 134 valence electrons. The van der Waals surface area contributed by atoms with Gasteiger partial charge >= 0.3 is 5.97 Å². The number of carbonyl (C=O) groups excluding carboxylic acids is 2. The van der Waals surface area contributed by atoms with E-state index in [9.17, 15) is 19.7 Å². The number of amides is 1. The Morgan fingerprint density at radius 3 is 2.65 bits per heavy atom. The molecule has 7 nitrogen and oxygen atoms in total. The second-order valence-corrected chi connectivity index (χ2v) is 6.12. The molecule has 0 aromatic heterocycles. The third-order valence-electron chi connectivity index (χ3n) is 4.51. The fraction of sp³-hybridized carbons (Fsp3) is 0.263. The van der Waals surface area contributed by atoms with Crippen LogP contribution in [-0.4, -0.2) is 29.4 Å². The highest BCUT2D eigenvalue weighted by atomic mass is 16.6. The van der Waals surface area contributed by atoms with E-state index in [4.69, 9.17) is 4.74 Å². The zero-order valence-electron chi connectivity index (χ0n) is 14.5. The molecule has 2 aromatic rings. The first kappa shape index (κ1) is 17.6. The first-order chi connectivity index (χ1) is 12.4. The molecule has 0 fully saturated rings. The summed E-state index contributed by atoms with van der Waals surface area (Å²) >= 11 is 0. The minimum absolute atomic E-state index is 0.0840. The molecule has 3 rings (SSSR count). The summed E-state index contributed by atoms with van der Waals surface area (Å²) in [5.41, 5.74) is 2.04. The van der Waals surface area contributed by atoms with Gasteiger partial charge in [-0.2, -0.15) is 0 Å². The molecule has 1 heterocycles. The number of nitro groups is 1. The maximum Gasteiger partial charge on any atom is 0.339 e. The lowest BCUT2D eigenvalue weighted by Crippen LogP contribution is -2.39. The van der Waals surface area contributed by atoms with Gasteiger partial charge in [0, 0.05) is 23.9 Å². The first-order valence-electron chi connectivity index (χ1n) is 8.24. The van der Waals surface area contributed by atoms with E-state index in [2.05, 4.69) is 0 Å². The van der Waals surface area contributed by atoms with Crippen LogP contribution in [0.1, 0.15) is 28.4 Å². The number of benzene rings is 2. The summed E-state index contributed by atoms with van der Waals surface area (Å²) in [6.07, 6.45) is -0.237. The van der Waals surface area contributed by atoms with Crippen molar-refractivity contribution in [3.63, 3.8) is 0 Å². The second kappa shape index (κ2) is 6.95. The Bertz CT molecular complexity index is 893. The van der Waals surface area contributed by atoms with Crippen molar-refractivity contribution in [3.05, 3.63) is 69.3 Å². The Balaban J connectivity index is 1.75. The van der Waals surface area contributed by atoms with E-state index in [0.29, 0.717) is 6.54 Å². The van der Waals surface area contributed by atoms with Crippen molar-refractivity contribution in [2.75, 3.05) is 11.4 Å². The van der Waals surface area contributed by atoms with Crippen LogP contribution < -0.4 is 4.90 Å². The number of nitrogens with zero attached hydrogens (tertiary/aromatic N) is 2. The molecule has 0 saturated heterocycles. The normalized spacial score (nSPS) is 13.8. The van der Waals surface area contributed by atoms with Crippen LogP contribution in [0, 0.1) is 17.0 Å². The van der Waals surface area contributed by atoms with Crippen molar-refractivity contribution in [1.82, 2.24) is 0 Å². The molecule has 0 aliphatic carbocycles. The SMILES string of the molecule is Cc1c(C(=O)O[C@@H](C)C(=O)N2CCc3ccccc32)cccc1[N+](=O)[O-]. The highest BCUT2D eigenvalue weighted by Gasteiger charge is 2.30. The lowest BCUT2D eigenvalue weighted by Gasteiger charge is -2.22. The third kappa shape index (κ3) is 3.15. The highest BCUT2D eigenvalue weighted by molar-refractivity contribution is 6.00. The number of anilines is 1. The van der Waals surface area contributed by atoms with Crippen LogP contribution in [0.3, 0.4) is 0 Å². The van der Waals surface area contributed by atoms with E-state index in [1.165, 1.54) is 32.0 Å². The Kier molecular flexibility index (Phi) is 4.71. The van der Waals surface area contributed by atoms with Crippen molar-refractivity contribution in [1.29, 1.82) is 0 Å². The van der Waals surface area contributed by atoms with Gasteiger partial charge in [0.15, 0.2) is 6.10 Å². The van der Waals surface area contributed by atoms with Gasteiger partial charge in [0.1, 0.15) is 0 Å². The maximum atomic E-state index is 12.7. The number of esters is 1. The van der Waals surface area contributed by atoms with E-state index in [1.807, 2.05) is 24.3 Å². The van der Waals surface area contributed by atoms with Gasteiger partial charge in [0.05, 0.1) is 10.5 Å². The molecule has 1 atom stereocenters. The average molecular weight is 354 g/mol. The number of nitro benzene ring substituents is 1. The van der Waals surface area contributed by atoms with Crippen LogP contribution in [-0.2, 0) is 16.0 Å². The van der Waals surface area contributed by atoms with Gasteiger partial charge < -0.3 is 9.64 Å². The van der Waals surface area contributed by atoms with Gasteiger partial charge in [0.25, 0.3) is 11.6 Å². The van der Waals surface area contributed by atoms with Crippen LogP contribution in [0.2, 0.25) is 0 Å². The zero-order valence-corrected chi connectivity index (χ0v) is 14.5. The third-order valence-corrected chi connectivity index (χ3v) is 4.51. The molecule has 0 radical (unpaired) electrons. The maximum absolute atomic E-state index is 12.7. The summed E-state index contributed by atoms with van der Waals surface area (Å²) in [4.78, 5) is 37.1. The number of fused-ring (bicyclic) bond motifs is 1. The van der Waals surface area contributed by atoms with Crippen molar-refractivity contribution in [2.24, 2.45) is 0 Å². The van der Waals surface area contributed by atoms with Crippen molar-refractivity contribution < 1.29 is 19.2 Å². The number of rotatable bonds is 4. The summed E-state index contributed by atoms with van der Waals surface area (Å²) in [6.45, 7) is 3.53. The van der Waals surface area contributed by atoms with E-state index in [-0.39, 0.29) is 22.7 Å². The molecule has 0 saturated carbocycles. The fourth-order valence-corrected chi connectivity index (χ4v) is 3.10. The predicted octanol–water partition coefficient (Wildman–Crippen LogP) is 3.04. The van der Waals surface area contributed by atoms with Gasteiger partial charge in [0.2, 0.25) is 0 Å². The average Bonchev–Trinajstić information content (AvgIpc) is 3.04. The molecule has 7 heteroatoms. The first-order valence-corrected chi connectivity index (χ1v) is 8.24. The Labute approximate surface area is 150 Å². The largest absolute Gasteiger partial charge is 0.449 e. The predicted molar refractivity (Wildman–Crippen MR) is 95.2 cm³/mol. The molecular formula is C19H18N2O5. The van der Waals surface area contributed by atoms with E-state index in [1.54, 1.807) is 4.90 Å². The van der Waals surface area contributed by atoms with Crippen LogP contribution >= 0.6 is 0 Å². The van der Waals surface area contributed by atoms with Gasteiger partial charge in [-0.15, -0.1) is 0 Å². The lowest BCUT2D eigenvalue weighted by molar-refractivity contribution is -0.385. The van der Waals surface area contributed by atoms with E-state index < -0.39 is 17.0 Å². The van der Waals surface area contributed by atoms with Crippen molar-refractivity contribution >= 4 is 23.3 Å². The summed E-state index contributed by atoms with van der Waals surface area (Å²) in [5, 5.41) is 11.0. The van der Waals surface area contributed by atoms with Crippen LogP contribution in [0.15, 0.2) is 42.5 Å². The molecule has 0 unspecified atom stereocenters. The number of hydrogen-bond donors (Lipinski definition) is 0. The van der Waals surface area contributed by atoms with Gasteiger partial charge in [-0.05, 0) is 38.0 Å². The molecule has 2 aromatic carbocycles. The fourth-order valence-electron chi connectivity index (χ4n) is 3.10. The molecule has 1 aliphatic rings. The van der Waals surface area contributed by atoms with E-state index >= 15 is 0 Å². The smallest absolute Gasteiger partial charge is 0.339 e. The number of ether oxygens (including phenoxy) is 1. The molecule has 1 amide bonds. The summed E-state index contributed by atoms with van der Waals surface area (Å²) < 4.78 is 5.29. The van der Waals surface area contributed by atoms with Gasteiger partial charge in [-0.1, -0.05) is 24.3 Å². The minimum Gasteiger partial charge on any atom is -0.449 e. The van der Waals surface area contributed by atoms with Crippen molar-refractivity contribution in [2.45, 2.75) is 26.4 Å². The topological polar surface area (TPSA) is 89.8 Å². The zero-order chi connectivity index (χ0) is 18.8. The molecule has 1 aliphatic heterocycles.